The maximum absolute atomic E-state index is 12.3. The molecular formula is C14H14N4OS. The summed E-state index contributed by atoms with van der Waals surface area (Å²) in [5.74, 6) is -0.160. The Balaban J connectivity index is 1.92. The van der Waals surface area contributed by atoms with Crippen molar-refractivity contribution >= 4 is 32.6 Å². The van der Waals surface area contributed by atoms with Crippen LogP contribution in [0.3, 0.4) is 0 Å². The first-order valence-electron chi connectivity index (χ1n) is 6.23. The summed E-state index contributed by atoms with van der Waals surface area (Å²) in [5.41, 5.74) is 3.09. The molecular weight excluding hydrogens is 272 g/mol. The van der Waals surface area contributed by atoms with Gasteiger partial charge in [0.25, 0.3) is 5.91 Å². The van der Waals surface area contributed by atoms with Crippen molar-refractivity contribution in [1.82, 2.24) is 14.8 Å². The molecule has 3 rings (SSSR count). The van der Waals surface area contributed by atoms with Crippen LogP contribution in [0.5, 0.6) is 0 Å². The van der Waals surface area contributed by atoms with E-state index >= 15 is 0 Å². The third-order valence-corrected chi connectivity index (χ3v) is 4.20. The summed E-state index contributed by atoms with van der Waals surface area (Å²) in [6, 6.07) is 7.82. The highest BCUT2D eigenvalue weighted by Crippen LogP contribution is 2.26. The molecule has 0 radical (unpaired) electrons. The average molecular weight is 286 g/mol. The van der Waals surface area contributed by atoms with Crippen LogP contribution in [0.4, 0.5) is 5.13 Å². The van der Waals surface area contributed by atoms with Gasteiger partial charge in [0, 0.05) is 12.7 Å². The maximum atomic E-state index is 12.3. The number of thiazole rings is 1. The highest BCUT2D eigenvalue weighted by atomic mass is 32.1. The molecule has 0 fully saturated rings. The summed E-state index contributed by atoms with van der Waals surface area (Å²) in [4.78, 5) is 16.8. The monoisotopic (exact) mass is 286 g/mol. The Morgan fingerprint density at radius 2 is 2.05 bits per heavy atom. The van der Waals surface area contributed by atoms with E-state index in [0.29, 0.717) is 10.7 Å². The molecule has 102 valence electrons. The van der Waals surface area contributed by atoms with Gasteiger partial charge in [-0.15, -0.1) is 0 Å². The molecule has 0 aliphatic rings. The highest BCUT2D eigenvalue weighted by Gasteiger charge is 2.18. The standard InChI is InChI=1S/C14H14N4OS/c1-8-12(9(2)18(3)17-8)13(19)16-14-15-10-6-4-5-7-11(10)20-14/h4-7H,1-3H3,(H,15,16,19). The number of hydrogen-bond donors (Lipinski definition) is 1. The Morgan fingerprint density at radius 3 is 2.70 bits per heavy atom. The first-order chi connectivity index (χ1) is 9.56. The van der Waals surface area contributed by atoms with Crippen LogP contribution in [0, 0.1) is 13.8 Å². The molecule has 0 unspecified atom stereocenters. The molecule has 1 aromatic carbocycles. The average Bonchev–Trinajstić information content (AvgIpc) is 2.90. The van der Waals surface area contributed by atoms with E-state index in [2.05, 4.69) is 15.4 Å². The number of benzene rings is 1. The van der Waals surface area contributed by atoms with E-state index < -0.39 is 0 Å². The fraction of sp³-hybridized carbons (Fsp3) is 0.214. The van der Waals surface area contributed by atoms with E-state index in [1.54, 1.807) is 4.68 Å². The molecule has 2 heterocycles. The van der Waals surface area contributed by atoms with Crippen LogP contribution >= 0.6 is 11.3 Å². The minimum Gasteiger partial charge on any atom is -0.298 e. The third-order valence-electron chi connectivity index (χ3n) is 3.25. The van der Waals surface area contributed by atoms with Crippen LogP contribution in [0.1, 0.15) is 21.7 Å². The largest absolute Gasteiger partial charge is 0.298 e. The predicted molar refractivity (Wildman–Crippen MR) is 80.3 cm³/mol. The summed E-state index contributed by atoms with van der Waals surface area (Å²) in [7, 11) is 1.83. The van der Waals surface area contributed by atoms with Gasteiger partial charge in [0.05, 0.1) is 21.5 Å². The fourth-order valence-corrected chi connectivity index (χ4v) is 3.05. The zero-order valence-electron chi connectivity index (χ0n) is 11.5. The predicted octanol–water partition coefficient (Wildman–Crippen LogP) is 2.90. The molecule has 0 aliphatic heterocycles. The molecule has 1 N–H and O–H groups in total. The van der Waals surface area contributed by atoms with E-state index in [-0.39, 0.29) is 5.91 Å². The summed E-state index contributed by atoms with van der Waals surface area (Å²) in [5, 5.41) is 7.72. The second-order valence-electron chi connectivity index (χ2n) is 4.61. The van der Waals surface area contributed by atoms with Crippen molar-refractivity contribution in [2.45, 2.75) is 13.8 Å². The number of hydrogen-bond acceptors (Lipinski definition) is 4. The Morgan fingerprint density at radius 1 is 1.30 bits per heavy atom. The van der Waals surface area contributed by atoms with Crippen LogP contribution in [0.25, 0.3) is 10.2 Å². The van der Waals surface area contributed by atoms with Crippen LogP contribution in [-0.2, 0) is 7.05 Å². The Hall–Kier alpha value is -2.21. The number of rotatable bonds is 2. The van der Waals surface area contributed by atoms with Gasteiger partial charge in [-0.25, -0.2) is 4.98 Å². The van der Waals surface area contributed by atoms with Crippen molar-refractivity contribution in [3.8, 4) is 0 Å². The van der Waals surface area contributed by atoms with Crippen LogP contribution in [0.15, 0.2) is 24.3 Å². The molecule has 6 heteroatoms. The lowest BCUT2D eigenvalue weighted by Gasteiger charge is -2.01. The van der Waals surface area contributed by atoms with Gasteiger partial charge < -0.3 is 0 Å². The summed E-state index contributed by atoms with van der Waals surface area (Å²) < 4.78 is 2.77. The summed E-state index contributed by atoms with van der Waals surface area (Å²) >= 11 is 1.47. The highest BCUT2D eigenvalue weighted by molar-refractivity contribution is 7.22. The number of nitrogens with one attached hydrogen (secondary N) is 1. The lowest BCUT2D eigenvalue weighted by atomic mass is 10.2. The lowest BCUT2D eigenvalue weighted by Crippen LogP contribution is -2.13. The molecule has 0 aliphatic carbocycles. The minimum atomic E-state index is -0.160. The number of para-hydroxylation sites is 1. The number of anilines is 1. The van der Waals surface area contributed by atoms with Gasteiger partial charge in [-0.1, -0.05) is 23.5 Å². The maximum Gasteiger partial charge on any atom is 0.261 e. The van der Waals surface area contributed by atoms with Gasteiger partial charge in [0.2, 0.25) is 0 Å². The van der Waals surface area contributed by atoms with Gasteiger partial charge in [0.1, 0.15) is 0 Å². The number of amides is 1. The fourth-order valence-electron chi connectivity index (χ4n) is 2.19. The second-order valence-corrected chi connectivity index (χ2v) is 5.64. The third kappa shape index (κ3) is 2.08. The van der Waals surface area contributed by atoms with Crippen molar-refractivity contribution in [3.05, 3.63) is 41.2 Å². The molecule has 2 aromatic heterocycles. The first-order valence-corrected chi connectivity index (χ1v) is 7.05. The minimum absolute atomic E-state index is 0.160. The SMILES string of the molecule is Cc1nn(C)c(C)c1C(=O)Nc1nc2ccccc2s1. The molecule has 1 amide bonds. The van der Waals surface area contributed by atoms with E-state index in [1.807, 2.05) is 45.2 Å². The van der Waals surface area contributed by atoms with Gasteiger partial charge in [0.15, 0.2) is 5.13 Å². The molecule has 0 saturated carbocycles. The molecule has 20 heavy (non-hydrogen) atoms. The molecule has 0 saturated heterocycles. The van der Waals surface area contributed by atoms with Gasteiger partial charge in [-0.3, -0.25) is 14.8 Å². The van der Waals surface area contributed by atoms with Crippen molar-refractivity contribution in [2.24, 2.45) is 7.05 Å². The number of aromatic nitrogens is 3. The van der Waals surface area contributed by atoms with Gasteiger partial charge in [-0.2, -0.15) is 5.10 Å². The Bertz CT molecular complexity index is 770. The molecule has 0 atom stereocenters. The Labute approximate surface area is 120 Å². The topological polar surface area (TPSA) is 59.8 Å². The van der Waals surface area contributed by atoms with Crippen molar-refractivity contribution in [2.75, 3.05) is 5.32 Å². The van der Waals surface area contributed by atoms with Crippen molar-refractivity contribution < 1.29 is 4.79 Å². The van der Waals surface area contributed by atoms with Crippen LogP contribution in [-0.4, -0.2) is 20.7 Å². The Kier molecular flexibility index (Phi) is 3.02. The number of aryl methyl sites for hydroxylation is 2. The number of carbonyl (C=O) groups excluding carboxylic acids is 1. The molecule has 0 bridgehead atoms. The van der Waals surface area contributed by atoms with E-state index in [0.717, 1.165) is 21.6 Å². The number of fused-ring (bicyclic) bond motifs is 1. The molecule has 0 spiro atoms. The second kappa shape index (κ2) is 4.72. The molecule has 3 aromatic rings. The van der Waals surface area contributed by atoms with Gasteiger partial charge in [-0.05, 0) is 26.0 Å². The zero-order valence-corrected chi connectivity index (χ0v) is 12.3. The van der Waals surface area contributed by atoms with E-state index in [4.69, 9.17) is 0 Å². The number of nitrogens with zero attached hydrogens (tertiary/aromatic N) is 3. The van der Waals surface area contributed by atoms with E-state index in [1.165, 1.54) is 11.3 Å². The first kappa shape index (κ1) is 12.8. The smallest absolute Gasteiger partial charge is 0.261 e. The zero-order chi connectivity index (χ0) is 14.3. The molecule has 5 nitrogen and oxygen atoms in total. The lowest BCUT2D eigenvalue weighted by molar-refractivity contribution is 0.102. The summed E-state index contributed by atoms with van der Waals surface area (Å²) in [6.07, 6.45) is 0. The quantitative estimate of drug-likeness (QED) is 0.788. The van der Waals surface area contributed by atoms with Crippen molar-refractivity contribution in [3.63, 3.8) is 0 Å². The van der Waals surface area contributed by atoms with Crippen molar-refractivity contribution in [1.29, 1.82) is 0 Å². The summed E-state index contributed by atoms with van der Waals surface area (Å²) in [6.45, 7) is 3.72. The van der Waals surface area contributed by atoms with Gasteiger partial charge >= 0.3 is 0 Å². The van der Waals surface area contributed by atoms with E-state index in [9.17, 15) is 4.79 Å². The normalized spacial score (nSPS) is 10.9. The number of carbonyl (C=O) groups is 1. The van der Waals surface area contributed by atoms with Crippen LogP contribution < -0.4 is 5.32 Å². The van der Waals surface area contributed by atoms with Crippen LogP contribution in [0.2, 0.25) is 0 Å².